The average molecular weight is 250 g/mol. The van der Waals surface area contributed by atoms with Gasteiger partial charge in [-0.15, -0.1) is 0 Å². The smallest absolute Gasteiger partial charge is 0.168 e. The summed E-state index contributed by atoms with van der Waals surface area (Å²) in [5.74, 6) is -1.48. The van der Waals surface area contributed by atoms with Gasteiger partial charge in [-0.25, -0.2) is 8.78 Å². The van der Waals surface area contributed by atoms with E-state index in [1.807, 2.05) is 20.3 Å². The molecule has 2 atom stereocenters. The first-order chi connectivity index (χ1) is 8.50. The third-order valence-corrected chi connectivity index (χ3v) is 4.05. The van der Waals surface area contributed by atoms with Gasteiger partial charge in [0.15, 0.2) is 11.6 Å². The lowest BCUT2D eigenvalue weighted by atomic mass is 9.93. The second-order valence-corrected chi connectivity index (χ2v) is 5.29. The second kappa shape index (κ2) is 3.79. The van der Waals surface area contributed by atoms with Crippen LogP contribution in [0.15, 0.2) is 18.3 Å². The van der Waals surface area contributed by atoms with Crippen molar-refractivity contribution in [3.8, 4) is 0 Å². The van der Waals surface area contributed by atoms with Crippen molar-refractivity contribution in [2.24, 2.45) is 0 Å². The molecule has 2 heterocycles. The van der Waals surface area contributed by atoms with Crippen LogP contribution in [0.4, 0.5) is 8.78 Å². The molecule has 1 aliphatic rings. The summed E-state index contributed by atoms with van der Waals surface area (Å²) in [5.41, 5.74) is 1.74. The van der Waals surface area contributed by atoms with E-state index in [0.29, 0.717) is 11.4 Å². The van der Waals surface area contributed by atoms with Crippen molar-refractivity contribution < 1.29 is 8.78 Å². The molecule has 0 unspecified atom stereocenters. The fourth-order valence-electron chi connectivity index (χ4n) is 3.07. The van der Waals surface area contributed by atoms with Crippen LogP contribution in [-0.4, -0.2) is 29.6 Å². The first-order valence-corrected chi connectivity index (χ1v) is 6.14. The Bertz CT molecular complexity index is 616. The summed E-state index contributed by atoms with van der Waals surface area (Å²) in [6.07, 6.45) is 2.61. The van der Waals surface area contributed by atoms with Gasteiger partial charge in [0, 0.05) is 23.7 Å². The largest absolute Gasteiger partial charge is 0.343 e. The van der Waals surface area contributed by atoms with E-state index < -0.39 is 11.6 Å². The normalized spacial score (nSPS) is 23.0. The van der Waals surface area contributed by atoms with Crippen LogP contribution in [0.3, 0.4) is 0 Å². The summed E-state index contributed by atoms with van der Waals surface area (Å²) in [6.45, 7) is 2.12. The van der Waals surface area contributed by atoms with E-state index in [-0.39, 0.29) is 6.04 Å². The van der Waals surface area contributed by atoms with E-state index in [4.69, 9.17) is 0 Å². The number of aromatic nitrogens is 1. The van der Waals surface area contributed by atoms with Crippen LogP contribution >= 0.6 is 0 Å². The predicted molar refractivity (Wildman–Crippen MR) is 67.7 cm³/mol. The second-order valence-electron chi connectivity index (χ2n) is 5.29. The van der Waals surface area contributed by atoms with Crippen molar-refractivity contribution in [1.82, 2.24) is 9.47 Å². The lowest BCUT2D eigenvalue weighted by Gasteiger charge is -2.36. The van der Waals surface area contributed by atoms with Crippen molar-refractivity contribution in [3.05, 3.63) is 35.5 Å². The van der Waals surface area contributed by atoms with Gasteiger partial charge in [-0.05, 0) is 45.1 Å². The van der Waals surface area contributed by atoms with Crippen LogP contribution in [0.5, 0.6) is 0 Å². The fraction of sp³-hybridized carbons (Fsp3) is 0.429. The molecule has 2 nitrogen and oxygen atoms in total. The standard InChI is InChI=1S/C14H16F2N2/c1-8-12(17(2)3)7-9-6-11(15)13(16)10-4-5-18(8)14(9)10/h4-6,8,12H,7H2,1-3H3/t8-,12-/m1/s1. The van der Waals surface area contributed by atoms with E-state index in [0.717, 1.165) is 17.5 Å². The summed E-state index contributed by atoms with van der Waals surface area (Å²) < 4.78 is 29.3. The molecule has 1 aromatic carbocycles. The predicted octanol–water partition coefficient (Wildman–Crippen LogP) is 2.97. The van der Waals surface area contributed by atoms with Gasteiger partial charge in [0.25, 0.3) is 0 Å². The highest BCUT2D eigenvalue weighted by molar-refractivity contribution is 5.85. The van der Waals surface area contributed by atoms with Gasteiger partial charge in [0.1, 0.15) is 0 Å². The molecule has 0 N–H and O–H groups in total. The molecule has 2 aromatic rings. The highest BCUT2D eigenvalue weighted by Crippen LogP contribution is 2.35. The molecule has 0 saturated heterocycles. The minimum Gasteiger partial charge on any atom is -0.343 e. The van der Waals surface area contributed by atoms with Crippen LogP contribution in [0, 0.1) is 11.6 Å². The molecular formula is C14H16F2N2. The molecule has 0 aliphatic carbocycles. The zero-order valence-corrected chi connectivity index (χ0v) is 10.7. The van der Waals surface area contributed by atoms with Gasteiger partial charge in [-0.2, -0.15) is 0 Å². The lowest BCUT2D eigenvalue weighted by molar-refractivity contribution is 0.216. The quantitative estimate of drug-likeness (QED) is 0.755. The van der Waals surface area contributed by atoms with Gasteiger partial charge < -0.3 is 9.47 Å². The molecular weight excluding hydrogens is 234 g/mol. The number of halogens is 2. The number of rotatable bonds is 1. The summed E-state index contributed by atoms with van der Waals surface area (Å²) in [5, 5.41) is 0.397. The maximum absolute atomic E-state index is 13.7. The molecule has 1 aromatic heterocycles. The molecule has 3 rings (SSSR count). The van der Waals surface area contributed by atoms with Crippen LogP contribution in [0.1, 0.15) is 18.5 Å². The average Bonchev–Trinajstić information content (AvgIpc) is 2.75. The van der Waals surface area contributed by atoms with Gasteiger partial charge >= 0.3 is 0 Å². The van der Waals surface area contributed by atoms with E-state index in [9.17, 15) is 8.78 Å². The molecule has 96 valence electrons. The Morgan fingerprint density at radius 3 is 2.72 bits per heavy atom. The summed E-state index contributed by atoms with van der Waals surface area (Å²) in [7, 11) is 4.04. The first kappa shape index (κ1) is 11.7. The van der Waals surface area contributed by atoms with E-state index >= 15 is 0 Å². The van der Waals surface area contributed by atoms with Crippen molar-refractivity contribution in [3.63, 3.8) is 0 Å². The van der Waals surface area contributed by atoms with Crippen LogP contribution < -0.4 is 0 Å². The first-order valence-electron chi connectivity index (χ1n) is 6.14. The van der Waals surface area contributed by atoms with Crippen LogP contribution in [0.2, 0.25) is 0 Å². The van der Waals surface area contributed by atoms with Crippen LogP contribution in [-0.2, 0) is 6.42 Å². The lowest BCUT2D eigenvalue weighted by Crippen LogP contribution is -2.39. The van der Waals surface area contributed by atoms with Crippen LogP contribution in [0.25, 0.3) is 10.9 Å². The molecule has 4 heteroatoms. The van der Waals surface area contributed by atoms with Gasteiger partial charge in [0.2, 0.25) is 0 Å². The molecule has 0 radical (unpaired) electrons. The minimum atomic E-state index is -0.748. The highest BCUT2D eigenvalue weighted by Gasteiger charge is 2.30. The van der Waals surface area contributed by atoms with Crippen molar-refractivity contribution in [2.45, 2.75) is 25.4 Å². The number of likely N-dealkylation sites (N-methyl/N-ethyl adjacent to an activating group) is 1. The zero-order chi connectivity index (χ0) is 13.0. The van der Waals surface area contributed by atoms with Gasteiger partial charge in [-0.3, -0.25) is 0 Å². The molecule has 0 amide bonds. The molecule has 0 bridgehead atoms. The Morgan fingerprint density at radius 2 is 2.06 bits per heavy atom. The number of hydrogen-bond acceptors (Lipinski definition) is 1. The van der Waals surface area contributed by atoms with E-state index in [1.165, 1.54) is 6.07 Å². The molecule has 18 heavy (non-hydrogen) atoms. The molecule has 0 spiro atoms. The van der Waals surface area contributed by atoms with Gasteiger partial charge in [0.05, 0.1) is 5.52 Å². The number of hydrogen-bond donors (Lipinski definition) is 0. The third kappa shape index (κ3) is 1.42. The zero-order valence-electron chi connectivity index (χ0n) is 10.7. The maximum Gasteiger partial charge on any atom is 0.168 e. The maximum atomic E-state index is 13.7. The number of benzene rings is 1. The summed E-state index contributed by atoms with van der Waals surface area (Å²) in [4.78, 5) is 2.14. The Hall–Kier alpha value is -1.42. The van der Waals surface area contributed by atoms with E-state index in [2.05, 4.69) is 16.4 Å². The van der Waals surface area contributed by atoms with Crippen molar-refractivity contribution in [2.75, 3.05) is 14.1 Å². The van der Waals surface area contributed by atoms with Gasteiger partial charge in [-0.1, -0.05) is 0 Å². The molecule has 0 saturated carbocycles. The molecule has 0 fully saturated rings. The fourth-order valence-corrected chi connectivity index (χ4v) is 3.07. The van der Waals surface area contributed by atoms with Crippen molar-refractivity contribution >= 4 is 10.9 Å². The number of nitrogens with zero attached hydrogens (tertiary/aromatic N) is 2. The summed E-state index contributed by atoms with van der Waals surface area (Å²) >= 11 is 0. The highest BCUT2D eigenvalue weighted by atomic mass is 19.2. The van der Waals surface area contributed by atoms with Crippen molar-refractivity contribution in [1.29, 1.82) is 0 Å². The molecule has 1 aliphatic heterocycles. The summed E-state index contributed by atoms with van der Waals surface area (Å²) in [6, 6.07) is 3.58. The SMILES string of the molecule is C[C@@H]1[C@H](N(C)C)Cc2cc(F)c(F)c3ccn1c23. The Labute approximate surface area is 105 Å². The topological polar surface area (TPSA) is 8.17 Å². The third-order valence-electron chi connectivity index (χ3n) is 4.05. The Kier molecular flexibility index (Phi) is 2.45. The minimum absolute atomic E-state index is 0.259. The monoisotopic (exact) mass is 250 g/mol. The van der Waals surface area contributed by atoms with E-state index in [1.54, 1.807) is 6.07 Å². The Balaban J connectivity index is 2.28. The Morgan fingerprint density at radius 1 is 1.33 bits per heavy atom.